The lowest BCUT2D eigenvalue weighted by Gasteiger charge is -2.08. The van der Waals surface area contributed by atoms with Crippen molar-refractivity contribution in [2.45, 2.75) is 19.8 Å². The molecule has 1 amide bonds. The Morgan fingerprint density at radius 3 is 2.67 bits per heavy atom. The van der Waals surface area contributed by atoms with Crippen molar-refractivity contribution in [3.63, 3.8) is 0 Å². The van der Waals surface area contributed by atoms with Crippen molar-refractivity contribution in [2.24, 2.45) is 0 Å². The molecule has 1 aromatic heterocycles. The van der Waals surface area contributed by atoms with E-state index >= 15 is 0 Å². The van der Waals surface area contributed by atoms with E-state index in [0.717, 1.165) is 0 Å². The number of nitrogens with zero attached hydrogens (tertiary/aromatic N) is 1. The minimum atomic E-state index is -0.250. The Kier molecular flexibility index (Phi) is 5.61. The van der Waals surface area contributed by atoms with Gasteiger partial charge >= 0.3 is 0 Å². The number of carbonyl (C=O) groups excluding carboxylic acids is 2. The van der Waals surface area contributed by atoms with Gasteiger partial charge in [0.2, 0.25) is 5.91 Å². The molecule has 0 unspecified atom stereocenters. The smallest absolute Gasteiger partial charge is 0.258 e. The number of Topliss-reactive ketones (excluding diaryl/α,β-unsaturated/α-hetero) is 1. The lowest BCUT2D eigenvalue weighted by atomic mass is 10.1. The van der Waals surface area contributed by atoms with Crippen LogP contribution in [0, 0.1) is 0 Å². The third-order valence-electron chi connectivity index (χ3n) is 4.00. The second kappa shape index (κ2) is 8.27. The number of amides is 1. The first-order chi connectivity index (χ1) is 13.0. The number of H-pyrrole nitrogens is 1. The van der Waals surface area contributed by atoms with Crippen LogP contribution in [0.1, 0.15) is 30.1 Å². The third-order valence-corrected chi connectivity index (χ3v) is 4.00. The maximum atomic E-state index is 12.1. The Bertz CT molecular complexity index is 1030. The molecule has 0 saturated carbocycles. The summed E-state index contributed by atoms with van der Waals surface area (Å²) in [6, 6.07) is 11.9. The van der Waals surface area contributed by atoms with Crippen LogP contribution in [-0.2, 0) is 4.79 Å². The second-order valence-electron chi connectivity index (χ2n) is 6.04. The number of benzene rings is 2. The van der Waals surface area contributed by atoms with Gasteiger partial charge in [0.15, 0.2) is 5.78 Å². The molecule has 0 spiro atoms. The average molecular weight is 365 g/mol. The van der Waals surface area contributed by atoms with Gasteiger partial charge in [-0.05, 0) is 55.8 Å². The van der Waals surface area contributed by atoms with Crippen molar-refractivity contribution >= 4 is 28.3 Å². The molecule has 138 valence electrons. The van der Waals surface area contributed by atoms with E-state index in [1.165, 1.54) is 13.3 Å². The highest BCUT2D eigenvalue weighted by atomic mass is 16.5. The molecule has 0 aliphatic heterocycles. The summed E-state index contributed by atoms with van der Waals surface area (Å²) in [6.45, 7) is 1.89. The number of anilines is 1. The fraction of sp³-hybridized carbons (Fsp3) is 0.200. The van der Waals surface area contributed by atoms with Crippen molar-refractivity contribution in [1.29, 1.82) is 0 Å². The summed E-state index contributed by atoms with van der Waals surface area (Å²) >= 11 is 0. The minimum Gasteiger partial charge on any atom is -0.494 e. The first-order valence-corrected chi connectivity index (χ1v) is 8.54. The molecule has 2 aromatic carbocycles. The molecule has 1 heterocycles. The third kappa shape index (κ3) is 4.78. The van der Waals surface area contributed by atoms with Gasteiger partial charge in [0.1, 0.15) is 5.75 Å². The standard InChI is InChI=1S/C20H19N3O4/c1-13(24)14-4-7-16(8-5-14)27-10-2-3-19(25)23-15-6-9-18-17(11-15)20(26)22-12-21-18/h4-9,11-12H,2-3,10H2,1H3,(H,23,25)(H,21,22,26). The molecule has 0 bridgehead atoms. The molecule has 3 rings (SSSR count). The molecular weight excluding hydrogens is 346 g/mol. The topological polar surface area (TPSA) is 101 Å². The summed E-state index contributed by atoms with van der Waals surface area (Å²) in [4.78, 5) is 41.6. The molecule has 0 fully saturated rings. The number of carbonyl (C=O) groups is 2. The van der Waals surface area contributed by atoms with Crippen molar-refractivity contribution in [3.8, 4) is 5.75 Å². The van der Waals surface area contributed by atoms with Gasteiger partial charge in [-0.25, -0.2) is 4.98 Å². The highest BCUT2D eigenvalue weighted by Crippen LogP contribution is 2.15. The second-order valence-corrected chi connectivity index (χ2v) is 6.04. The normalized spacial score (nSPS) is 10.6. The van der Waals surface area contributed by atoms with Gasteiger partial charge in [0, 0.05) is 17.7 Å². The molecule has 7 heteroatoms. The zero-order valence-corrected chi connectivity index (χ0v) is 14.8. The maximum Gasteiger partial charge on any atom is 0.258 e. The predicted molar refractivity (Wildman–Crippen MR) is 102 cm³/mol. The summed E-state index contributed by atoms with van der Waals surface area (Å²) in [5.74, 6) is 0.497. The van der Waals surface area contributed by atoms with Crippen LogP contribution in [0.15, 0.2) is 53.6 Å². The predicted octanol–water partition coefficient (Wildman–Crippen LogP) is 2.92. The average Bonchev–Trinajstić information content (AvgIpc) is 2.66. The molecule has 3 aromatic rings. The monoisotopic (exact) mass is 365 g/mol. The van der Waals surface area contributed by atoms with E-state index in [1.807, 2.05) is 0 Å². The van der Waals surface area contributed by atoms with Crippen LogP contribution >= 0.6 is 0 Å². The molecule has 0 aliphatic rings. The molecule has 27 heavy (non-hydrogen) atoms. The summed E-state index contributed by atoms with van der Waals surface area (Å²) in [5.41, 5.74) is 1.50. The molecular formula is C20H19N3O4. The molecule has 7 nitrogen and oxygen atoms in total. The van der Waals surface area contributed by atoms with Crippen LogP contribution in [0.5, 0.6) is 5.75 Å². The number of rotatable bonds is 7. The van der Waals surface area contributed by atoms with E-state index in [0.29, 0.717) is 40.9 Å². The van der Waals surface area contributed by atoms with Crippen LogP contribution < -0.4 is 15.6 Å². The van der Waals surface area contributed by atoms with Gasteiger partial charge in [-0.3, -0.25) is 14.4 Å². The van der Waals surface area contributed by atoms with Gasteiger partial charge in [0.05, 0.1) is 23.8 Å². The number of hydrogen-bond acceptors (Lipinski definition) is 5. The Morgan fingerprint density at radius 1 is 1.15 bits per heavy atom. The summed E-state index contributed by atoms with van der Waals surface area (Å²) in [5, 5.41) is 3.19. The van der Waals surface area contributed by atoms with Crippen molar-refractivity contribution in [1.82, 2.24) is 9.97 Å². The van der Waals surface area contributed by atoms with E-state index in [1.54, 1.807) is 42.5 Å². The Hall–Kier alpha value is -3.48. The number of ether oxygens (including phenoxy) is 1. The van der Waals surface area contributed by atoms with Gasteiger partial charge in [-0.2, -0.15) is 0 Å². The quantitative estimate of drug-likeness (QED) is 0.495. The number of aromatic nitrogens is 2. The van der Waals surface area contributed by atoms with E-state index in [9.17, 15) is 14.4 Å². The van der Waals surface area contributed by atoms with E-state index < -0.39 is 0 Å². The van der Waals surface area contributed by atoms with Crippen LogP contribution in [0.4, 0.5) is 5.69 Å². The first-order valence-electron chi connectivity index (χ1n) is 8.54. The van der Waals surface area contributed by atoms with Gasteiger partial charge in [0.25, 0.3) is 5.56 Å². The number of ketones is 1. The fourth-order valence-electron chi connectivity index (χ4n) is 2.58. The van der Waals surface area contributed by atoms with Gasteiger partial charge in [-0.15, -0.1) is 0 Å². The van der Waals surface area contributed by atoms with Crippen molar-refractivity contribution in [2.75, 3.05) is 11.9 Å². The van der Waals surface area contributed by atoms with Gasteiger partial charge < -0.3 is 15.0 Å². The lowest BCUT2D eigenvalue weighted by molar-refractivity contribution is -0.116. The van der Waals surface area contributed by atoms with Crippen molar-refractivity contribution < 1.29 is 14.3 Å². The number of aromatic amines is 1. The molecule has 0 saturated heterocycles. The van der Waals surface area contributed by atoms with Crippen LogP contribution in [0.2, 0.25) is 0 Å². The van der Waals surface area contributed by atoms with E-state index in [4.69, 9.17) is 4.74 Å². The van der Waals surface area contributed by atoms with Crippen LogP contribution in [0.3, 0.4) is 0 Å². The van der Waals surface area contributed by atoms with E-state index in [-0.39, 0.29) is 23.7 Å². The lowest BCUT2D eigenvalue weighted by Crippen LogP contribution is -2.13. The molecule has 0 aliphatic carbocycles. The highest BCUT2D eigenvalue weighted by Gasteiger charge is 2.06. The number of hydrogen-bond donors (Lipinski definition) is 2. The molecule has 0 radical (unpaired) electrons. The zero-order valence-electron chi connectivity index (χ0n) is 14.8. The largest absolute Gasteiger partial charge is 0.494 e. The van der Waals surface area contributed by atoms with E-state index in [2.05, 4.69) is 15.3 Å². The number of fused-ring (bicyclic) bond motifs is 1. The van der Waals surface area contributed by atoms with Gasteiger partial charge in [-0.1, -0.05) is 0 Å². The molecule has 2 N–H and O–H groups in total. The summed E-state index contributed by atoms with van der Waals surface area (Å²) in [7, 11) is 0. The summed E-state index contributed by atoms with van der Waals surface area (Å²) in [6.07, 6.45) is 2.17. The minimum absolute atomic E-state index is 0.00434. The number of nitrogens with one attached hydrogen (secondary N) is 2. The zero-order chi connectivity index (χ0) is 19.2. The Balaban J connectivity index is 1.48. The highest BCUT2D eigenvalue weighted by molar-refractivity contribution is 5.94. The van der Waals surface area contributed by atoms with Crippen LogP contribution in [0.25, 0.3) is 10.9 Å². The summed E-state index contributed by atoms with van der Waals surface area (Å²) < 4.78 is 5.57. The molecule has 0 atom stereocenters. The SMILES string of the molecule is CC(=O)c1ccc(OCCCC(=O)Nc2ccc3nc[nH]c(=O)c3c2)cc1. The fourth-order valence-corrected chi connectivity index (χ4v) is 2.58. The maximum absolute atomic E-state index is 12.1. The van der Waals surface area contributed by atoms with Crippen molar-refractivity contribution in [3.05, 3.63) is 64.7 Å². The Morgan fingerprint density at radius 2 is 1.93 bits per heavy atom. The first kappa shape index (κ1) is 18.3. The Labute approximate surface area is 155 Å². The van der Waals surface area contributed by atoms with Crippen LogP contribution in [-0.4, -0.2) is 28.3 Å².